The molecule has 0 aromatic heterocycles. The predicted octanol–water partition coefficient (Wildman–Crippen LogP) is 4.73. The molecule has 1 heterocycles. The van der Waals surface area contributed by atoms with Gasteiger partial charge in [0, 0.05) is 17.3 Å². The summed E-state index contributed by atoms with van der Waals surface area (Å²) in [7, 11) is 1.59. The number of aromatic hydroxyl groups is 1. The van der Waals surface area contributed by atoms with Crippen LogP contribution in [0.2, 0.25) is 10.0 Å². The molecule has 0 spiro atoms. The van der Waals surface area contributed by atoms with Crippen molar-refractivity contribution in [3.05, 3.63) is 75.6 Å². The summed E-state index contributed by atoms with van der Waals surface area (Å²) in [4.78, 5) is 14.1. The van der Waals surface area contributed by atoms with Crippen molar-refractivity contribution in [3.63, 3.8) is 0 Å². The Kier molecular flexibility index (Phi) is 5.06. The van der Waals surface area contributed by atoms with Crippen molar-refractivity contribution in [2.45, 2.75) is 12.8 Å². The minimum absolute atomic E-state index is 0.0130. The number of phenolic OH excluding ortho intramolecular Hbond substituents is 1. The fraction of sp³-hybridized carbons (Fsp3) is 0.167. The van der Waals surface area contributed by atoms with E-state index in [4.69, 9.17) is 32.7 Å². The highest BCUT2D eigenvalue weighted by Gasteiger charge is 2.22. The average molecular weight is 380 g/mol. The summed E-state index contributed by atoms with van der Waals surface area (Å²) in [6.45, 7) is 0. The Morgan fingerprint density at radius 3 is 2.72 bits per heavy atom. The lowest BCUT2D eigenvalue weighted by atomic mass is 10.0. The van der Waals surface area contributed by atoms with E-state index in [0.29, 0.717) is 11.5 Å². The van der Waals surface area contributed by atoms with Gasteiger partial charge in [-0.25, -0.2) is 0 Å². The van der Waals surface area contributed by atoms with Gasteiger partial charge >= 0.3 is 0 Å². The fourth-order valence-electron chi connectivity index (χ4n) is 2.56. The van der Waals surface area contributed by atoms with E-state index in [9.17, 15) is 9.90 Å². The first-order chi connectivity index (χ1) is 12.0. The van der Waals surface area contributed by atoms with Gasteiger partial charge in [0.15, 0.2) is 5.75 Å². The maximum atomic E-state index is 12.7. The lowest BCUT2D eigenvalue weighted by Gasteiger charge is -2.23. The lowest BCUT2D eigenvalue weighted by Crippen LogP contribution is -2.23. The van der Waals surface area contributed by atoms with Crippen LogP contribution in [0.3, 0.4) is 0 Å². The molecule has 25 heavy (non-hydrogen) atoms. The van der Waals surface area contributed by atoms with Gasteiger partial charge in [0.1, 0.15) is 17.8 Å². The number of benzene rings is 1. The Morgan fingerprint density at radius 1 is 1.32 bits per heavy atom. The summed E-state index contributed by atoms with van der Waals surface area (Å²) in [5.74, 6) is 0.633. The molecule has 2 aliphatic rings. The predicted molar refractivity (Wildman–Crippen MR) is 95.0 cm³/mol. The third-order valence-electron chi connectivity index (χ3n) is 3.82. The van der Waals surface area contributed by atoms with E-state index in [-0.39, 0.29) is 27.3 Å². The fourth-order valence-corrected chi connectivity index (χ4v) is 3.05. The quantitative estimate of drug-likeness (QED) is 0.824. The Bertz CT molecular complexity index is 816. The first-order valence-corrected chi connectivity index (χ1v) is 8.26. The first-order valence-electron chi connectivity index (χ1n) is 7.51. The van der Waals surface area contributed by atoms with Crippen molar-refractivity contribution in [2.75, 3.05) is 7.11 Å². The molecule has 5 nitrogen and oxygen atoms in total. The van der Waals surface area contributed by atoms with Gasteiger partial charge in [-0.05, 0) is 31.1 Å². The highest BCUT2D eigenvalue weighted by molar-refractivity contribution is 6.37. The minimum atomic E-state index is -0.355. The monoisotopic (exact) mass is 379 g/mol. The number of rotatable bonds is 3. The standard InChI is InChI=1S/C18H15Cl2NO4/c1-24-15-5-3-2-4-12(15)16-10-21(6-7-25-16)18(23)11-8-13(19)17(22)14(20)9-11/h3,5-10,22H,2,4H2,1H3. The Labute approximate surface area is 155 Å². The number of halogens is 2. The van der Waals surface area contributed by atoms with E-state index in [2.05, 4.69) is 0 Å². The van der Waals surface area contributed by atoms with Crippen molar-refractivity contribution in [1.82, 2.24) is 4.90 Å². The zero-order valence-electron chi connectivity index (χ0n) is 13.3. The van der Waals surface area contributed by atoms with Crippen molar-refractivity contribution in [2.24, 2.45) is 0 Å². The second-order valence-corrected chi connectivity index (χ2v) is 6.20. The number of allylic oxidation sites excluding steroid dienone is 3. The van der Waals surface area contributed by atoms with Crippen LogP contribution in [0.4, 0.5) is 0 Å². The molecule has 0 atom stereocenters. The van der Waals surface area contributed by atoms with Crippen LogP contribution in [0.1, 0.15) is 23.2 Å². The van der Waals surface area contributed by atoms with Crippen LogP contribution in [0.25, 0.3) is 0 Å². The van der Waals surface area contributed by atoms with Crippen LogP contribution in [0.15, 0.2) is 60.0 Å². The summed E-state index contributed by atoms with van der Waals surface area (Å²) in [5, 5.41) is 9.66. The number of hydrogen-bond acceptors (Lipinski definition) is 4. The van der Waals surface area contributed by atoms with Crippen LogP contribution in [-0.2, 0) is 9.47 Å². The van der Waals surface area contributed by atoms with Crippen LogP contribution in [-0.4, -0.2) is 23.0 Å². The molecule has 0 fully saturated rings. The number of amides is 1. The van der Waals surface area contributed by atoms with E-state index >= 15 is 0 Å². The number of carbonyl (C=O) groups excluding carboxylic acids is 1. The molecule has 3 rings (SSSR count). The number of ether oxygens (including phenoxy) is 2. The normalized spacial score (nSPS) is 16.6. The number of methoxy groups -OCH3 is 1. The molecule has 1 amide bonds. The molecule has 0 saturated carbocycles. The number of carbonyl (C=O) groups is 1. The summed E-state index contributed by atoms with van der Waals surface area (Å²) in [6.07, 6.45) is 10.0. The number of nitrogens with zero attached hydrogens (tertiary/aromatic N) is 1. The molecule has 130 valence electrons. The van der Waals surface area contributed by atoms with Gasteiger partial charge in [0.05, 0.1) is 23.4 Å². The Hall–Kier alpha value is -2.37. The molecule has 0 radical (unpaired) electrons. The lowest BCUT2D eigenvalue weighted by molar-refractivity contribution is 0.0855. The maximum absolute atomic E-state index is 12.7. The van der Waals surface area contributed by atoms with Gasteiger partial charge in [-0.1, -0.05) is 29.3 Å². The summed E-state index contributed by atoms with van der Waals surface area (Å²) < 4.78 is 10.9. The van der Waals surface area contributed by atoms with Gasteiger partial charge < -0.3 is 14.6 Å². The van der Waals surface area contributed by atoms with Gasteiger partial charge in [0.25, 0.3) is 5.91 Å². The zero-order chi connectivity index (χ0) is 18.0. The maximum Gasteiger partial charge on any atom is 0.262 e. The average Bonchev–Trinajstić information content (AvgIpc) is 2.65. The largest absolute Gasteiger partial charge is 0.505 e. The molecule has 1 aliphatic heterocycles. The molecule has 1 aromatic rings. The van der Waals surface area contributed by atoms with Crippen LogP contribution >= 0.6 is 23.2 Å². The Balaban J connectivity index is 1.92. The van der Waals surface area contributed by atoms with E-state index < -0.39 is 0 Å². The minimum Gasteiger partial charge on any atom is -0.505 e. The molecule has 1 aromatic carbocycles. The third-order valence-corrected chi connectivity index (χ3v) is 4.39. The van der Waals surface area contributed by atoms with Crippen molar-refractivity contribution in [3.8, 4) is 5.75 Å². The van der Waals surface area contributed by atoms with Crippen molar-refractivity contribution in [1.29, 1.82) is 0 Å². The smallest absolute Gasteiger partial charge is 0.262 e. The number of hydrogen-bond donors (Lipinski definition) is 1. The van der Waals surface area contributed by atoms with E-state index in [1.54, 1.807) is 13.3 Å². The van der Waals surface area contributed by atoms with Gasteiger partial charge in [-0.3, -0.25) is 9.69 Å². The molecule has 0 bridgehead atoms. The molecule has 0 unspecified atom stereocenters. The molecular formula is C18H15Cl2NO4. The SMILES string of the molecule is COC1=C(C2=CN(C(=O)c3cc(Cl)c(O)c(Cl)c3)C=CO2)CCC=C1. The first kappa shape index (κ1) is 17.5. The molecule has 1 N–H and O–H groups in total. The van der Waals surface area contributed by atoms with Gasteiger partial charge in [-0.2, -0.15) is 0 Å². The summed E-state index contributed by atoms with van der Waals surface area (Å²) in [5.41, 5.74) is 1.13. The van der Waals surface area contributed by atoms with E-state index in [1.165, 1.54) is 29.5 Å². The second-order valence-electron chi connectivity index (χ2n) is 5.39. The Morgan fingerprint density at radius 2 is 2.04 bits per heavy atom. The molecule has 0 saturated heterocycles. The summed E-state index contributed by atoms with van der Waals surface area (Å²) in [6, 6.07) is 2.73. The second kappa shape index (κ2) is 7.25. The van der Waals surface area contributed by atoms with E-state index in [0.717, 1.165) is 18.4 Å². The molecule has 1 aliphatic carbocycles. The summed E-state index contributed by atoms with van der Waals surface area (Å²) >= 11 is 11.8. The molecular weight excluding hydrogens is 365 g/mol. The van der Waals surface area contributed by atoms with Crippen LogP contribution in [0.5, 0.6) is 5.75 Å². The van der Waals surface area contributed by atoms with Crippen molar-refractivity contribution < 1.29 is 19.4 Å². The van der Waals surface area contributed by atoms with Crippen molar-refractivity contribution >= 4 is 29.1 Å². The highest BCUT2D eigenvalue weighted by Crippen LogP contribution is 2.34. The zero-order valence-corrected chi connectivity index (χ0v) is 14.8. The van der Waals surface area contributed by atoms with E-state index in [1.807, 2.05) is 12.2 Å². The highest BCUT2D eigenvalue weighted by atomic mass is 35.5. The molecule has 7 heteroatoms. The third kappa shape index (κ3) is 3.52. The van der Waals surface area contributed by atoms with Crippen LogP contribution < -0.4 is 0 Å². The van der Waals surface area contributed by atoms with Gasteiger partial charge in [-0.15, -0.1) is 0 Å². The van der Waals surface area contributed by atoms with Crippen LogP contribution in [0, 0.1) is 0 Å². The topological polar surface area (TPSA) is 59.0 Å². The van der Waals surface area contributed by atoms with Gasteiger partial charge in [0.2, 0.25) is 0 Å². The number of phenols is 1.